The molecule has 0 saturated heterocycles. The van der Waals surface area contributed by atoms with Gasteiger partial charge in [0.1, 0.15) is 11.6 Å². The number of carbonyl (C=O) groups is 2. The van der Waals surface area contributed by atoms with E-state index in [1.807, 2.05) is 0 Å². The molecular formula is C15H17F2NO4. The summed E-state index contributed by atoms with van der Waals surface area (Å²) in [5, 5.41) is 2.38. The van der Waals surface area contributed by atoms with Gasteiger partial charge in [-0.1, -0.05) is 6.08 Å². The minimum atomic E-state index is -0.817. The monoisotopic (exact) mass is 313 g/mol. The lowest BCUT2D eigenvalue weighted by Gasteiger charge is -2.11. The van der Waals surface area contributed by atoms with E-state index in [0.29, 0.717) is 0 Å². The maximum absolute atomic E-state index is 13.0. The van der Waals surface area contributed by atoms with Gasteiger partial charge in [0, 0.05) is 12.6 Å². The van der Waals surface area contributed by atoms with Gasteiger partial charge in [0.25, 0.3) is 5.91 Å². The standard InChI is InChI=1S/C15H17F2NO4/c1-3-4-21-10(2)15(20)22-9-14(19)18-8-11-5-12(16)7-13(17)6-11/h3,5-7,10H,1,4,8-9H2,2H3,(H,18,19). The van der Waals surface area contributed by atoms with Gasteiger partial charge < -0.3 is 14.8 Å². The highest BCUT2D eigenvalue weighted by Crippen LogP contribution is 2.07. The fourth-order valence-electron chi connectivity index (χ4n) is 1.50. The van der Waals surface area contributed by atoms with Crippen LogP contribution in [0.5, 0.6) is 0 Å². The largest absolute Gasteiger partial charge is 0.454 e. The van der Waals surface area contributed by atoms with E-state index in [1.165, 1.54) is 13.0 Å². The second-order valence-electron chi connectivity index (χ2n) is 4.43. The number of esters is 1. The van der Waals surface area contributed by atoms with Crippen LogP contribution in [0.2, 0.25) is 0 Å². The Balaban J connectivity index is 2.34. The van der Waals surface area contributed by atoms with Crippen molar-refractivity contribution in [2.45, 2.75) is 19.6 Å². The minimum absolute atomic E-state index is 0.0758. The van der Waals surface area contributed by atoms with Crippen molar-refractivity contribution < 1.29 is 27.8 Å². The van der Waals surface area contributed by atoms with Crippen LogP contribution >= 0.6 is 0 Å². The minimum Gasteiger partial charge on any atom is -0.454 e. The van der Waals surface area contributed by atoms with Gasteiger partial charge in [-0.3, -0.25) is 4.79 Å². The van der Waals surface area contributed by atoms with E-state index >= 15 is 0 Å². The maximum atomic E-state index is 13.0. The van der Waals surface area contributed by atoms with E-state index in [1.54, 1.807) is 0 Å². The van der Waals surface area contributed by atoms with E-state index in [9.17, 15) is 18.4 Å². The third kappa shape index (κ3) is 6.45. The summed E-state index contributed by atoms with van der Waals surface area (Å²) in [5.41, 5.74) is 0.264. The van der Waals surface area contributed by atoms with Gasteiger partial charge in [-0.05, 0) is 24.6 Å². The molecule has 0 fully saturated rings. The molecule has 0 spiro atoms. The topological polar surface area (TPSA) is 64.6 Å². The van der Waals surface area contributed by atoms with Gasteiger partial charge in [0.15, 0.2) is 12.7 Å². The molecule has 1 rings (SSSR count). The first kappa shape index (κ1) is 17.8. The Morgan fingerprint density at radius 1 is 1.32 bits per heavy atom. The molecule has 1 atom stereocenters. The highest BCUT2D eigenvalue weighted by molar-refractivity contribution is 5.81. The SMILES string of the molecule is C=CCOC(C)C(=O)OCC(=O)NCc1cc(F)cc(F)c1. The summed E-state index contributed by atoms with van der Waals surface area (Å²) < 4.78 is 35.7. The average Bonchev–Trinajstić information content (AvgIpc) is 2.47. The molecular weight excluding hydrogens is 296 g/mol. The van der Waals surface area contributed by atoms with Crippen LogP contribution in [0.4, 0.5) is 8.78 Å². The average molecular weight is 313 g/mol. The molecule has 0 aromatic heterocycles. The van der Waals surface area contributed by atoms with Crippen LogP contribution in [0, 0.1) is 11.6 Å². The summed E-state index contributed by atoms with van der Waals surface area (Å²) in [6, 6.07) is 2.93. The highest BCUT2D eigenvalue weighted by Gasteiger charge is 2.15. The predicted octanol–water partition coefficient (Wildman–Crippen LogP) is 1.72. The highest BCUT2D eigenvalue weighted by atomic mass is 19.1. The number of nitrogens with one attached hydrogen (secondary N) is 1. The summed E-state index contributed by atoms with van der Waals surface area (Å²) in [4.78, 5) is 23.0. The second-order valence-corrected chi connectivity index (χ2v) is 4.43. The Hall–Kier alpha value is -2.28. The second kappa shape index (κ2) is 8.89. The summed E-state index contributed by atoms with van der Waals surface area (Å²) in [5.74, 6) is -2.74. The fourth-order valence-corrected chi connectivity index (χ4v) is 1.50. The summed E-state index contributed by atoms with van der Waals surface area (Å²) in [6.07, 6.45) is 0.664. The lowest BCUT2D eigenvalue weighted by atomic mass is 10.2. The molecule has 1 N–H and O–H groups in total. The normalized spacial score (nSPS) is 11.6. The number of amides is 1. The molecule has 0 aliphatic carbocycles. The Bertz CT molecular complexity index is 528. The molecule has 0 saturated carbocycles. The first-order valence-corrected chi connectivity index (χ1v) is 6.53. The molecule has 5 nitrogen and oxygen atoms in total. The smallest absolute Gasteiger partial charge is 0.335 e. The summed E-state index contributed by atoms with van der Waals surface area (Å²) >= 11 is 0. The molecule has 0 aliphatic heterocycles. The van der Waals surface area contributed by atoms with Gasteiger partial charge in [0.05, 0.1) is 6.61 Å². The van der Waals surface area contributed by atoms with E-state index in [0.717, 1.165) is 18.2 Å². The van der Waals surface area contributed by atoms with Crippen LogP contribution < -0.4 is 5.32 Å². The van der Waals surface area contributed by atoms with Crippen LogP contribution in [0.15, 0.2) is 30.9 Å². The maximum Gasteiger partial charge on any atom is 0.335 e. The van der Waals surface area contributed by atoms with Crippen LogP contribution in [0.1, 0.15) is 12.5 Å². The van der Waals surface area contributed by atoms with Crippen molar-refractivity contribution >= 4 is 11.9 Å². The fraction of sp³-hybridized carbons (Fsp3) is 0.333. The molecule has 1 unspecified atom stereocenters. The number of benzene rings is 1. The molecule has 0 aliphatic rings. The lowest BCUT2D eigenvalue weighted by molar-refractivity contribution is -0.158. The van der Waals surface area contributed by atoms with E-state index < -0.39 is 36.2 Å². The van der Waals surface area contributed by atoms with Crippen LogP contribution in [0.25, 0.3) is 0 Å². The van der Waals surface area contributed by atoms with Crippen LogP contribution in [0.3, 0.4) is 0 Å². The van der Waals surface area contributed by atoms with Crippen LogP contribution in [-0.4, -0.2) is 31.2 Å². The lowest BCUT2D eigenvalue weighted by Crippen LogP contribution is -2.31. The van der Waals surface area contributed by atoms with Crippen molar-refractivity contribution in [3.63, 3.8) is 0 Å². The van der Waals surface area contributed by atoms with Crippen molar-refractivity contribution in [3.8, 4) is 0 Å². The van der Waals surface area contributed by atoms with Crippen molar-refractivity contribution in [1.29, 1.82) is 0 Å². The predicted molar refractivity (Wildman–Crippen MR) is 74.8 cm³/mol. The van der Waals surface area contributed by atoms with Crippen molar-refractivity contribution in [2.24, 2.45) is 0 Å². The Morgan fingerprint density at radius 2 is 1.95 bits per heavy atom. The van der Waals surface area contributed by atoms with Crippen molar-refractivity contribution in [1.82, 2.24) is 5.32 Å². The number of ether oxygens (including phenoxy) is 2. The van der Waals surface area contributed by atoms with Gasteiger partial charge in [-0.15, -0.1) is 6.58 Å². The van der Waals surface area contributed by atoms with Crippen LogP contribution in [-0.2, 0) is 25.6 Å². The molecule has 1 aromatic carbocycles. The quantitative estimate of drug-likeness (QED) is 0.586. The van der Waals surface area contributed by atoms with E-state index in [-0.39, 0.29) is 18.7 Å². The number of hydrogen-bond donors (Lipinski definition) is 1. The molecule has 0 bridgehead atoms. The van der Waals surface area contributed by atoms with Crippen molar-refractivity contribution in [2.75, 3.05) is 13.2 Å². The summed E-state index contributed by atoms with van der Waals surface area (Å²) in [6.45, 7) is 4.53. The third-order valence-corrected chi connectivity index (χ3v) is 2.55. The molecule has 1 aromatic rings. The van der Waals surface area contributed by atoms with E-state index in [2.05, 4.69) is 11.9 Å². The van der Waals surface area contributed by atoms with Gasteiger partial charge in [0.2, 0.25) is 0 Å². The van der Waals surface area contributed by atoms with Gasteiger partial charge >= 0.3 is 5.97 Å². The molecule has 0 radical (unpaired) electrons. The van der Waals surface area contributed by atoms with Gasteiger partial charge in [-0.2, -0.15) is 0 Å². The first-order chi connectivity index (χ1) is 10.4. The molecule has 7 heteroatoms. The first-order valence-electron chi connectivity index (χ1n) is 6.53. The number of hydrogen-bond acceptors (Lipinski definition) is 4. The third-order valence-electron chi connectivity index (χ3n) is 2.55. The van der Waals surface area contributed by atoms with Gasteiger partial charge in [-0.25, -0.2) is 13.6 Å². The molecule has 22 heavy (non-hydrogen) atoms. The summed E-state index contributed by atoms with van der Waals surface area (Å²) in [7, 11) is 0. The van der Waals surface area contributed by atoms with E-state index in [4.69, 9.17) is 9.47 Å². The Morgan fingerprint density at radius 3 is 2.55 bits per heavy atom. The van der Waals surface area contributed by atoms with Crippen molar-refractivity contribution in [3.05, 3.63) is 48.1 Å². The molecule has 1 amide bonds. The zero-order valence-corrected chi connectivity index (χ0v) is 12.1. The Labute approximate surface area is 126 Å². The molecule has 0 heterocycles. The molecule has 120 valence electrons. The zero-order chi connectivity index (χ0) is 16.5. The zero-order valence-electron chi connectivity index (χ0n) is 12.1. The Kier molecular flexibility index (Phi) is 7.18. The number of carbonyl (C=O) groups excluding carboxylic acids is 2. The number of rotatable bonds is 8. The number of halogens is 2.